The fourth-order valence-corrected chi connectivity index (χ4v) is 2.14. The van der Waals surface area contributed by atoms with E-state index in [-0.39, 0.29) is 10.6 Å². The van der Waals surface area contributed by atoms with E-state index in [1.165, 1.54) is 6.07 Å². The number of carbonyl (C=O) groups excluding carboxylic acids is 2. The van der Waals surface area contributed by atoms with Gasteiger partial charge in [-0.1, -0.05) is 39.7 Å². The van der Waals surface area contributed by atoms with Crippen LogP contribution in [0.25, 0.3) is 0 Å². The zero-order valence-electron chi connectivity index (χ0n) is 11.8. The fourth-order valence-electron chi connectivity index (χ4n) is 1.69. The van der Waals surface area contributed by atoms with Crippen LogP contribution in [0, 0.1) is 5.82 Å². The average molecular weight is 401 g/mol. The lowest BCUT2D eigenvalue weighted by atomic mass is 10.2. The molecule has 0 saturated heterocycles. The Bertz CT molecular complexity index is 722. The van der Waals surface area contributed by atoms with E-state index in [4.69, 9.17) is 16.3 Å². The van der Waals surface area contributed by atoms with Gasteiger partial charge >= 0.3 is 5.97 Å². The Balaban J connectivity index is 1.80. The first kappa shape index (κ1) is 17.4. The first-order valence-electron chi connectivity index (χ1n) is 6.59. The standard InChI is InChI=1S/C16H12BrClFNO3/c17-12-4-1-10(2-5-12)8-20-15(21)9-23-16(22)11-3-6-14(19)13(18)7-11/h1-7H,8-9H2,(H,20,21). The molecule has 1 amide bonds. The summed E-state index contributed by atoms with van der Waals surface area (Å²) in [7, 11) is 0. The van der Waals surface area contributed by atoms with Crippen molar-refractivity contribution in [3.8, 4) is 0 Å². The van der Waals surface area contributed by atoms with Gasteiger partial charge in [-0.05, 0) is 35.9 Å². The lowest BCUT2D eigenvalue weighted by Gasteiger charge is -2.07. The fraction of sp³-hybridized carbons (Fsp3) is 0.125. The number of nitrogens with one attached hydrogen (secondary N) is 1. The minimum Gasteiger partial charge on any atom is -0.452 e. The van der Waals surface area contributed by atoms with E-state index in [1.54, 1.807) is 0 Å². The predicted octanol–water partition coefficient (Wildman–Crippen LogP) is 3.71. The SMILES string of the molecule is O=C(COC(=O)c1ccc(F)c(Cl)c1)NCc1ccc(Br)cc1. The summed E-state index contributed by atoms with van der Waals surface area (Å²) in [5.41, 5.74) is 0.996. The maximum Gasteiger partial charge on any atom is 0.338 e. The number of amides is 1. The third kappa shape index (κ3) is 5.33. The van der Waals surface area contributed by atoms with E-state index in [1.807, 2.05) is 24.3 Å². The Morgan fingerprint density at radius 1 is 1.17 bits per heavy atom. The van der Waals surface area contributed by atoms with E-state index >= 15 is 0 Å². The van der Waals surface area contributed by atoms with Crippen molar-refractivity contribution in [2.45, 2.75) is 6.54 Å². The Morgan fingerprint density at radius 3 is 2.52 bits per heavy atom. The van der Waals surface area contributed by atoms with Crippen LogP contribution in [0.4, 0.5) is 4.39 Å². The molecule has 2 aromatic rings. The van der Waals surface area contributed by atoms with Crippen LogP contribution in [0.1, 0.15) is 15.9 Å². The number of carbonyl (C=O) groups is 2. The number of ether oxygens (including phenoxy) is 1. The molecule has 0 saturated carbocycles. The van der Waals surface area contributed by atoms with Gasteiger partial charge in [0.25, 0.3) is 5.91 Å². The van der Waals surface area contributed by atoms with Crippen LogP contribution in [0.3, 0.4) is 0 Å². The molecule has 0 atom stereocenters. The molecule has 23 heavy (non-hydrogen) atoms. The molecule has 0 aromatic heterocycles. The van der Waals surface area contributed by atoms with Crippen LogP contribution in [0.2, 0.25) is 5.02 Å². The van der Waals surface area contributed by atoms with Crippen LogP contribution >= 0.6 is 27.5 Å². The summed E-state index contributed by atoms with van der Waals surface area (Å²) in [5.74, 6) is -1.81. The van der Waals surface area contributed by atoms with Gasteiger partial charge in [0, 0.05) is 11.0 Å². The van der Waals surface area contributed by atoms with Gasteiger partial charge in [0.05, 0.1) is 10.6 Å². The van der Waals surface area contributed by atoms with Crippen LogP contribution < -0.4 is 5.32 Å². The van der Waals surface area contributed by atoms with Crippen molar-refractivity contribution in [1.29, 1.82) is 0 Å². The number of halogens is 3. The van der Waals surface area contributed by atoms with Crippen molar-refractivity contribution < 1.29 is 18.7 Å². The summed E-state index contributed by atoms with van der Waals surface area (Å²) in [6, 6.07) is 10.9. The highest BCUT2D eigenvalue weighted by Crippen LogP contribution is 2.16. The molecule has 0 radical (unpaired) electrons. The zero-order chi connectivity index (χ0) is 16.8. The molecule has 2 rings (SSSR count). The molecule has 0 heterocycles. The van der Waals surface area contributed by atoms with Crippen molar-refractivity contribution in [2.24, 2.45) is 0 Å². The van der Waals surface area contributed by atoms with Crippen LogP contribution in [-0.2, 0) is 16.1 Å². The van der Waals surface area contributed by atoms with Crippen LogP contribution in [0.5, 0.6) is 0 Å². The Kier molecular flexibility index (Phi) is 6.12. The first-order valence-corrected chi connectivity index (χ1v) is 7.76. The first-order chi connectivity index (χ1) is 11.0. The summed E-state index contributed by atoms with van der Waals surface area (Å²) in [6.07, 6.45) is 0. The molecule has 0 bridgehead atoms. The molecule has 0 spiro atoms. The molecule has 120 valence electrons. The lowest BCUT2D eigenvalue weighted by Crippen LogP contribution is -2.28. The Labute approximate surface area is 145 Å². The second-order valence-electron chi connectivity index (χ2n) is 4.61. The van der Waals surface area contributed by atoms with E-state index in [9.17, 15) is 14.0 Å². The maximum atomic E-state index is 13.0. The molecule has 2 aromatic carbocycles. The number of benzene rings is 2. The summed E-state index contributed by atoms with van der Waals surface area (Å²) in [4.78, 5) is 23.4. The van der Waals surface area contributed by atoms with Crippen molar-refractivity contribution in [2.75, 3.05) is 6.61 Å². The average Bonchev–Trinajstić information content (AvgIpc) is 2.54. The number of esters is 1. The summed E-state index contributed by atoms with van der Waals surface area (Å²) < 4.78 is 18.8. The van der Waals surface area contributed by atoms with E-state index in [0.717, 1.165) is 22.2 Å². The highest BCUT2D eigenvalue weighted by molar-refractivity contribution is 9.10. The normalized spacial score (nSPS) is 10.2. The molecule has 4 nitrogen and oxygen atoms in total. The minimum absolute atomic E-state index is 0.0807. The maximum absolute atomic E-state index is 13.0. The van der Waals surface area contributed by atoms with Crippen molar-refractivity contribution in [3.63, 3.8) is 0 Å². The highest BCUT2D eigenvalue weighted by Gasteiger charge is 2.12. The van der Waals surface area contributed by atoms with Gasteiger partial charge in [0.15, 0.2) is 6.61 Å². The Morgan fingerprint density at radius 2 is 1.87 bits per heavy atom. The Hall–Kier alpha value is -1.92. The van der Waals surface area contributed by atoms with Crippen molar-refractivity contribution in [3.05, 3.63) is 68.9 Å². The van der Waals surface area contributed by atoms with E-state index < -0.39 is 24.3 Å². The van der Waals surface area contributed by atoms with E-state index in [2.05, 4.69) is 21.2 Å². The van der Waals surface area contributed by atoms with Crippen molar-refractivity contribution >= 4 is 39.4 Å². The second-order valence-corrected chi connectivity index (χ2v) is 5.93. The molecule has 1 N–H and O–H groups in total. The summed E-state index contributed by atoms with van der Waals surface area (Å²) >= 11 is 8.90. The second kappa shape index (κ2) is 8.08. The minimum atomic E-state index is -0.745. The van der Waals surface area contributed by atoms with Gasteiger partial charge in [-0.3, -0.25) is 4.79 Å². The smallest absolute Gasteiger partial charge is 0.338 e. The molecular weight excluding hydrogens is 389 g/mol. The highest BCUT2D eigenvalue weighted by atomic mass is 79.9. The molecule has 0 aliphatic heterocycles. The molecule has 0 unspecified atom stereocenters. The van der Waals surface area contributed by atoms with E-state index in [0.29, 0.717) is 6.54 Å². The number of hydrogen-bond acceptors (Lipinski definition) is 3. The summed E-state index contributed by atoms with van der Waals surface area (Å²) in [6.45, 7) is -0.101. The third-order valence-electron chi connectivity index (χ3n) is 2.89. The quantitative estimate of drug-likeness (QED) is 0.779. The topological polar surface area (TPSA) is 55.4 Å². The monoisotopic (exact) mass is 399 g/mol. The lowest BCUT2D eigenvalue weighted by molar-refractivity contribution is -0.124. The van der Waals surface area contributed by atoms with Gasteiger partial charge in [0.1, 0.15) is 5.82 Å². The van der Waals surface area contributed by atoms with Gasteiger partial charge in [-0.15, -0.1) is 0 Å². The van der Waals surface area contributed by atoms with Gasteiger partial charge in [-0.25, -0.2) is 9.18 Å². The van der Waals surface area contributed by atoms with Crippen LogP contribution in [-0.4, -0.2) is 18.5 Å². The molecule has 7 heteroatoms. The number of hydrogen-bond donors (Lipinski definition) is 1. The van der Waals surface area contributed by atoms with Gasteiger partial charge in [0.2, 0.25) is 0 Å². The zero-order valence-corrected chi connectivity index (χ0v) is 14.2. The van der Waals surface area contributed by atoms with Crippen molar-refractivity contribution in [1.82, 2.24) is 5.32 Å². The largest absolute Gasteiger partial charge is 0.452 e. The molecule has 0 aliphatic rings. The van der Waals surface area contributed by atoms with Gasteiger partial charge in [-0.2, -0.15) is 0 Å². The molecule has 0 aliphatic carbocycles. The molecular formula is C16H12BrClFNO3. The van der Waals surface area contributed by atoms with Crippen LogP contribution in [0.15, 0.2) is 46.9 Å². The molecule has 0 fully saturated rings. The predicted molar refractivity (Wildman–Crippen MR) is 87.7 cm³/mol. The summed E-state index contributed by atoms with van der Waals surface area (Å²) in [5, 5.41) is 2.45. The number of rotatable bonds is 5. The third-order valence-corrected chi connectivity index (χ3v) is 3.71. The van der Waals surface area contributed by atoms with Gasteiger partial charge < -0.3 is 10.1 Å².